The lowest BCUT2D eigenvalue weighted by Gasteiger charge is -2.32. The molecule has 0 unspecified atom stereocenters. The Morgan fingerprint density at radius 2 is 2.39 bits per heavy atom. The fraction of sp³-hybridized carbons (Fsp3) is 0.375. The smallest absolute Gasteiger partial charge is 0.321 e. The van der Waals surface area contributed by atoms with Crippen LogP contribution < -0.4 is 19.9 Å². The Kier molecular flexibility index (Phi) is 4.36. The Bertz CT molecular complexity index is 671. The fourth-order valence-electron chi connectivity index (χ4n) is 2.66. The Morgan fingerprint density at radius 1 is 1.52 bits per heavy atom. The van der Waals surface area contributed by atoms with Gasteiger partial charge in [0.2, 0.25) is 0 Å². The van der Waals surface area contributed by atoms with Crippen molar-refractivity contribution in [3.05, 3.63) is 36.4 Å². The van der Waals surface area contributed by atoms with Crippen LogP contribution in [0.4, 0.5) is 16.2 Å². The Balaban J connectivity index is 1.79. The van der Waals surface area contributed by atoms with E-state index in [0.717, 1.165) is 42.3 Å². The lowest BCUT2D eigenvalue weighted by molar-refractivity contribution is 0.249. The SMILES string of the molecule is CNC(=O)N(C)c1ccc2c(c1)N(CCc1c[nH]cn1)CCO2. The number of fused-ring (bicyclic) bond motifs is 1. The van der Waals surface area contributed by atoms with Crippen molar-refractivity contribution >= 4 is 17.4 Å². The third-order valence-corrected chi connectivity index (χ3v) is 4.00. The first kappa shape index (κ1) is 15.2. The Labute approximate surface area is 135 Å². The standard InChI is InChI=1S/C16H21N5O2/c1-17-16(22)20(2)13-3-4-15-14(9-13)21(7-8-23-15)6-5-12-10-18-11-19-12/h3-4,9-11H,5-8H2,1-2H3,(H,17,22)(H,18,19). The molecule has 2 aromatic rings. The quantitative estimate of drug-likeness (QED) is 0.899. The second kappa shape index (κ2) is 6.60. The highest BCUT2D eigenvalue weighted by molar-refractivity contribution is 5.92. The molecule has 1 aliphatic rings. The van der Waals surface area contributed by atoms with Gasteiger partial charge < -0.3 is 19.9 Å². The van der Waals surface area contributed by atoms with Crippen LogP contribution in [0.15, 0.2) is 30.7 Å². The highest BCUT2D eigenvalue weighted by atomic mass is 16.5. The van der Waals surface area contributed by atoms with Gasteiger partial charge in [-0.15, -0.1) is 0 Å². The number of imidazole rings is 1. The van der Waals surface area contributed by atoms with Crippen LogP contribution in [0.1, 0.15) is 5.69 Å². The first-order valence-corrected chi connectivity index (χ1v) is 7.64. The summed E-state index contributed by atoms with van der Waals surface area (Å²) in [6, 6.07) is 5.66. The van der Waals surface area contributed by atoms with E-state index in [2.05, 4.69) is 20.2 Å². The molecule has 0 aliphatic carbocycles. The zero-order chi connectivity index (χ0) is 16.2. The molecule has 0 spiro atoms. The number of ether oxygens (including phenoxy) is 1. The first-order chi connectivity index (χ1) is 11.2. The van der Waals surface area contributed by atoms with Crippen LogP contribution in [0, 0.1) is 0 Å². The second-order valence-electron chi connectivity index (χ2n) is 5.41. The fourth-order valence-corrected chi connectivity index (χ4v) is 2.66. The minimum atomic E-state index is -0.148. The van der Waals surface area contributed by atoms with E-state index >= 15 is 0 Å². The molecule has 1 aliphatic heterocycles. The minimum absolute atomic E-state index is 0.148. The molecule has 23 heavy (non-hydrogen) atoms. The van der Waals surface area contributed by atoms with E-state index in [-0.39, 0.29) is 6.03 Å². The molecule has 1 aromatic heterocycles. The monoisotopic (exact) mass is 315 g/mol. The summed E-state index contributed by atoms with van der Waals surface area (Å²) in [5.41, 5.74) is 2.88. The van der Waals surface area contributed by atoms with E-state index in [4.69, 9.17) is 4.74 Å². The number of hydrogen-bond acceptors (Lipinski definition) is 4. The van der Waals surface area contributed by atoms with E-state index in [9.17, 15) is 4.79 Å². The molecule has 2 heterocycles. The predicted molar refractivity (Wildman–Crippen MR) is 89.3 cm³/mol. The van der Waals surface area contributed by atoms with Crippen LogP contribution >= 0.6 is 0 Å². The summed E-state index contributed by atoms with van der Waals surface area (Å²) in [5, 5.41) is 2.63. The van der Waals surface area contributed by atoms with Gasteiger partial charge in [0.25, 0.3) is 0 Å². The largest absolute Gasteiger partial charge is 0.490 e. The van der Waals surface area contributed by atoms with Crippen LogP contribution in [-0.4, -0.2) is 49.8 Å². The second-order valence-corrected chi connectivity index (χ2v) is 5.41. The van der Waals surface area contributed by atoms with Gasteiger partial charge in [0, 0.05) is 38.9 Å². The Hall–Kier alpha value is -2.70. The third-order valence-electron chi connectivity index (χ3n) is 4.00. The molecule has 2 N–H and O–H groups in total. The van der Waals surface area contributed by atoms with Crippen molar-refractivity contribution in [2.24, 2.45) is 0 Å². The third kappa shape index (κ3) is 3.23. The molecule has 1 aromatic carbocycles. The highest BCUT2D eigenvalue weighted by Gasteiger charge is 2.20. The van der Waals surface area contributed by atoms with Crippen molar-refractivity contribution in [1.82, 2.24) is 15.3 Å². The molecule has 2 amide bonds. The van der Waals surface area contributed by atoms with Gasteiger partial charge >= 0.3 is 6.03 Å². The number of amides is 2. The molecule has 122 valence electrons. The summed E-state index contributed by atoms with van der Waals surface area (Å²) in [6.07, 6.45) is 4.47. The van der Waals surface area contributed by atoms with E-state index < -0.39 is 0 Å². The van der Waals surface area contributed by atoms with Crippen LogP contribution in [0.3, 0.4) is 0 Å². The molecule has 0 fully saturated rings. The molecule has 0 saturated heterocycles. The van der Waals surface area contributed by atoms with Gasteiger partial charge in [-0.1, -0.05) is 0 Å². The molecule has 3 rings (SSSR count). The minimum Gasteiger partial charge on any atom is -0.490 e. The number of rotatable bonds is 4. The van der Waals surface area contributed by atoms with Crippen molar-refractivity contribution in [2.45, 2.75) is 6.42 Å². The number of nitrogens with one attached hydrogen (secondary N) is 2. The van der Waals surface area contributed by atoms with Crippen molar-refractivity contribution < 1.29 is 9.53 Å². The van der Waals surface area contributed by atoms with Gasteiger partial charge in [-0.05, 0) is 18.2 Å². The maximum Gasteiger partial charge on any atom is 0.321 e. The number of urea groups is 1. The van der Waals surface area contributed by atoms with Crippen LogP contribution in [0.2, 0.25) is 0 Å². The number of carbonyl (C=O) groups excluding carboxylic acids is 1. The zero-order valence-electron chi connectivity index (χ0n) is 13.4. The molecule has 0 atom stereocenters. The maximum atomic E-state index is 11.8. The van der Waals surface area contributed by atoms with E-state index in [1.54, 1.807) is 25.3 Å². The molecular formula is C16H21N5O2. The summed E-state index contributed by atoms with van der Waals surface area (Å²) < 4.78 is 5.73. The topological polar surface area (TPSA) is 73.5 Å². The average molecular weight is 315 g/mol. The number of carbonyl (C=O) groups is 1. The average Bonchev–Trinajstić information content (AvgIpc) is 3.11. The van der Waals surface area contributed by atoms with Crippen molar-refractivity contribution in [3.63, 3.8) is 0 Å². The highest BCUT2D eigenvalue weighted by Crippen LogP contribution is 2.35. The number of nitrogens with zero attached hydrogens (tertiary/aromatic N) is 3. The van der Waals surface area contributed by atoms with Gasteiger partial charge in [0.1, 0.15) is 12.4 Å². The molecule has 0 bridgehead atoms. The van der Waals surface area contributed by atoms with Gasteiger partial charge in [0.15, 0.2) is 0 Å². The van der Waals surface area contributed by atoms with Crippen molar-refractivity contribution in [3.8, 4) is 5.75 Å². The first-order valence-electron chi connectivity index (χ1n) is 7.64. The number of aromatic nitrogens is 2. The summed E-state index contributed by atoms with van der Waals surface area (Å²) in [7, 11) is 3.37. The number of hydrogen-bond donors (Lipinski definition) is 2. The molecule has 7 nitrogen and oxygen atoms in total. The lowest BCUT2D eigenvalue weighted by Crippen LogP contribution is -2.36. The summed E-state index contributed by atoms with van der Waals surface area (Å²) in [5.74, 6) is 0.854. The van der Waals surface area contributed by atoms with Gasteiger partial charge in [-0.3, -0.25) is 4.90 Å². The Morgan fingerprint density at radius 3 is 3.13 bits per heavy atom. The summed E-state index contributed by atoms with van der Waals surface area (Å²) in [4.78, 5) is 22.9. The molecule has 0 radical (unpaired) electrons. The number of anilines is 2. The maximum absolute atomic E-state index is 11.8. The lowest BCUT2D eigenvalue weighted by atomic mass is 10.2. The van der Waals surface area contributed by atoms with E-state index in [1.807, 2.05) is 24.4 Å². The van der Waals surface area contributed by atoms with Crippen LogP contribution in [0.25, 0.3) is 0 Å². The van der Waals surface area contributed by atoms with Crippen LogP contribution in [0.5, 0.6) is 5.75 Å². The van der Waals surface area contributed by atoms with Gasteiger partial charge in [-0.25, -0.2) is 9.78 Å². The van der Waals surface area contributed by atoms with Crippen molar-refractivity contribution in [2.75, 3.05) is 43.6 Å². The van der Waals surface area contributed by atoms with E-state index in [1.165, 1.54) is 0 Å². The van der Waals surface area contributed by atoms with Gasteiger partial charge in [0.05, 0.1) is 24.3 Å². The summed E-state index contributed by atoms with van der Waals surface area (Å²) in [6.45, 7) is 2.34. The number of benzene rings is 1. The molecular weight excluding hydrogens is 294 g/mol. The normalized spacial score (nSPS) is 13.2. The number of H-pyrrole nitrogens is 1. The van der Waals surface area contributed by atoms with Crippen LogP contribution in [-0.2, 0) is 6.42 Å². The van der Waals surface area contributed by atoms with E-state index in [0.29, 0.717) is 6.61 Å². The predicted octanol–water partition coefficient (Wildman–Crippen LogP) is 1.63. The zero-order valence-corrected chi connectivity index (χ0v) is 13.4. The molecule has 0 saturated carbocycles. The van der Waals surface area contributed by atoms with Gasteiger partial charge in [-0.2, -0.15) is 0 Å². The summed E-state index contributed by atoms with van der Waals surface area (Å²) >= 11 is 0. The van der Waals surface area contributed by atoms with Crippen molar-refractivity contribution in [1.29, 1.82) is 0 Å². The molecule has 7 heteroatoms. The number of aromatic amines is 1.